The summed E-state index contributed by atoms with van der Waals surface area (Å²) in [4.78, 5) is 44.1. The molecule has 0 spiro atoms. The fourth-order valence-electron chi connectivity index (χ4n) is 8.07. The number of unbranched alkanes of at least 4 members (excludes halogenated alkanes) is 26. The molecule has 0 fully saturated rings. The van der Waals surface area contributed by atoms with Crippen molar-refractivity contribution >= 4 is 23.6 Å². The Bertz CT molecular complexity index is 1290. The lowest BCUT2D eigenvalue weighted by atomic mass is 9.76. The second-order valence-electron chi connectivity index (χ2n) is 16.5. The number of hydrogen-bond acceptors (Lipinski definition) is 6. The zero-order valence-electron chi connectivity index (χ0n) is 36.4. The van der Waals surface area contributed by atoms with Gasteiger partial charge in [-0.3, -0.25) is 14.6 Å². The van der Waals surface area contributed by atoms with Gasteiger partial charge in [-0.1, -0.05) is 181 Å². The van der Waals surface area contributed by atoms with E-state index in [0.29, 0.717) is 35.8 Å². The molecule has 1 amide bonds. The van der Waals surface area contributed by atoms with Gasteiger partial charge in [0.2, 0.25) is 6.54 Å². The van der Waals surface area contributed by atoms with Crippen molar-refractivity contribution < 1.29 is 28.4 Å². The topological polar surface area (TPSA) is 112 Å². The number of nitrogens with zero attached hydrogens (tertiary/aromatic N) is 2. The number of carbonyl (C=O) groups excluding carboxylic acids is 3. The van der Waals surface area contributed by atoms with E-state index in [4.69, 9.17) is 20.2 Å². The monoisotopic (exact) mass is 781 g/mol. The maximum Gasteiger partial charge on any atom is 0.336 e. The molecule has 56 heavy (non-hydrogen) atoms. The maximum atomic E-state index is 13.8. The van der Waals surface area contributed by atoms with E-state index in [1.807, 2.05) is 19.1 Å². The van der Waals surface area contributed by atoms with E-state index in [-0.39, 0.29) is 12.5 Å². The second-order valence-corrected chi connectivity index (χ2v) is 16.5. The molecule has 0 aromatic carbocycles. The average molecular weight is 781 g/mol. The highest BCUT2D eigenvalue weighted by molar-refractivity contribution is 6.07. The number of pyridine rings is 1. The third-order valence-corrected chi connectivity index (χ3v) is 11.4. The Kier molecular flexibility index (Phi) is 28.1. The van der Waals surface area contributed by atoms with Crippen LogP contribution < -0.4 is 10.3 Å². The minimum absolute atomic E-state index is 0.0104. The van der Waals surface area contributed by atoms with Crippen LogP contribution in [0.5, 0.6) is 0 Å². The average Bonchev–Trinajstić information content (AvgIpc) is 3.17. The summed E-state index contributed by atoms with van der Waals surface area (Å²) in [6.45, 7) is 8.81. The quantitative estimate of drug-likeness (QED) is 0.0419. The summed E-state index contributed by atoms with van der Waals surface area (Å²) >= 11 is 0. The first-order valence-corrected chi connectivity index (χ1v) is 23.2. The Labute approximate surface area is 342 Å². The number of nitrogens with two attached hydrogens (primary N) is 1. The lowest BCUT2D eigenvalue weighted by Crippen LogP contribution is -2.42. The van der Waals surface area contributed by atoms with Crippen molar-refractivity contribution in [3.05, 3.63) is 41.4 Å². The van der Waals surface area contributed by atoms with Crippen LogP contribution in [-0.2, 0) is 30.4 Å². The lowest BCUT2D eigenvalue weighted by Gasteiger charge is -2.31. The predicted octanol–water partition coefficient (Wildman–Crippen LogP) is 12.0. The molecule has 0 aliphatic carbocycles. The summed E-state index contributed by atoms with van der Waals surface area (Å²) in [6, 6.07) is 3.69. The van der Waals surface area contributed by atoms with Crippen molar-refractivity contribution in [3.8, 4) is 0 Å². The Morgan fingerprint density at radius 3 is 1.46 bits per heavy atom. The third kappa shape index (κ3) is 21.5. The molecule has 0 saturated carbocycles. The van der Waals surface area contributed by atoms with E-state index in [9.17, 15) is 14.4 Å². The first kappa shape index (κ1) is 49.1. The highest BCUT2D eigenvalue weighted by atomic mass is 16.5. The van der Waals surface area contributed by atoms with Crippen LogP contribution in [-0.4, -0.2) is 36.8 Å². The molecule has 2 heterocycles. The predicted molar refractivity (Wildman–Crippen MR) is 230 cm³/mol. The molecule has 0 bridgehead atoms. The van der Waals surface area contributed by atoms with Crippen LogP contribution in [0.2, 0.25) is 0 Å². The van der Waals surface area contributed by atoms with Gasteiger partial charge in [0.25, 0.3) is 5.91 Å². The van der Waals surface area contributed by atoms with Crippen molar-refractivity contribution in [1.82, 2.24) is 0 Å². The van der Waals surface area contributed by atoms with E-state index in [1.54, 1.807) is 23.9 Å². The van der Waals surface area contributed by atoms with Gasteiger partial charge in [-0.25, -0.2) is 4.79 Å². The van der Waals surface area contributed by atoms with Crippen LogP contribution in [0.25, 0.3) is 0 Å². The summed E-state index contributed by atoms with van der Waals surface area (Å²) < 4.78 is 13.4. The number of ether oxygens (including phenoxy) is 2. The Hall–Kier alpha value is -3.03. The number of hydrogen-bond donors (Lipinski definition) is 1. The molecule has 2 N–H and O–H groups in total. The number of carbonyl (C=O) groups is 3. The van der Waals surface area contributed by atoms with Gasteiger partial charge in [0.15, 0.2) is 12.4 Å². The van der Waals surface area contributed by atoms with Crippen LogP contribution in [0.15, 0.2) is 40.8 Å². The molecule has 0 saturated heterocycles. The van der Waals surface area contributed by atoms with Crippen LogP contribution in [0.4, 0.5) is 0 Å². The molecule has 1 aromatic rings. The standard InChI is InChI=1S/C48H81N3O5/c1-5-7-9-11-13-15-17-19-21-23-25-27-29-31-36-55-47(53)44-40(3)50-41(4)45(46(44)42-34-33-35-51(38-42)39-43(49)52)48(54)56-37-32-30-28-26-24-22-20-18-16-14-12-10-8-6-2/h33-35,38,44,46H,5-32,36-37,39H2,1-4H3,(H-,49,52)/p+1. The molecule has 1 aliphatic heterocycles. The molecule has 8 heteroatoms. The Balaban J connectivity index is 1.84. The SMILES string of the molecule is CCCCCCCCCCCCCCCCOC(=O)C1=C(C)N=C(C)C(C(=O)OCCCCCCCCCCCCCCCC)C1c1ccc[n+](CC(N)=O)c1. The summed E-state index contributed by atoms with van der Waals surface area (Å²) in [5.74, 6) is -2.74. The van der Waals surface area contributed by atoms with Gasteiger partial charge in [0.05, 0.1) is 18.8 Å². The van der Waals surface area contributed by atoms with Crippen molar-refractivity contribution in [1.29, 1.82) is 0 Å². The molecule has 1 aliphatic rings. The molecule has 318 valence electrons. The smallest absolute Gasteiger partial charge is 0.336 e. The van der Waals surface area contributed by atoms with Crippen molar-refractivity contribution in [2.24, 2.45) is 16.6 Å². The number of allylic oxidation sites excluding steroid dienone is 1. The second kappa shape index (κ2) is 32.0. The first-order valence-electron chi connectivity index (χ1n) is 23.2. The van der Waals surface area contributed by atoms with Crippen LogP contribution in [0, 0.1) is 5.92 Å². The zero-order chi connectivity index (χ0) is 40.6. The fraction of sp³-hybridized carbons (Fsp3) is 0.771. The lowest BCUT2D eigenvalue weighted by molar-refractivity contribution is -0.684. The van der Waals surface area contributed by atoms with Gasteiger partial charge in [-0.15, -0.1) is 0 Å². The van der Waals surface area contributed by atoms with Crippen molar-refractivity contribution in [2.75, 3.05) is 13.2 Å². The number of primary amides is 1. The van der Waals surface area contributed by atoms with E-state index in [1.165, 1.54) is 141 Å². The van der Waals surface area contributed by atoms with Crippen LogP contribution in [0.3, 0.4) is 0 Å². The molecule has 2 unspecified atom stereocenters. The Morgan fingerprint density at radius 1 is 0.625 bits per heavy atom. The molecule has 0 radical (unpaired) electrons. The fourth-order valence-corrected chi connectivity index (χ4v) is 8.07. The van der Waals surface area contributed by atoms with E-state index in [2.05, 4.69) is 13.8 Å². The third-order valence-electron chi connectivity index (χ3n) is 11.4. The zero-order valence-corrected chi connectivity index (χ0v) is 36.4. The molecule has 8 nitrogen and oxygen atoms in total. The maximum absolute atomic E-state index is 13.8. The van der Waals surface area contributed by atoms with E-state index in [0.717, 1.165) is 38.5 Å². The number of aromatic nitrogens is 1. The number of rotatable bonds is 35. The van der Waals surface area contributed by atoms with Gasteiger partial charge in [0, 0.05) is 29.0 Å². The summed E-state index contributed by atoms with van der Waals surface area (Å²) in [7, 11) is 0. The minimum Gasteiger partial charge on any atom is -0.465 e. The largest absolute Gasteiger partial charge is 0.465 e. The van der Waals surface area contributed by atoms with Gasteiger partial charge in [-0.2, -0.15) is 4.57 Å². The summed E-state index contributed by atoms with van der Waals surface area (Å²) in [5.41, 5.74) is 7.74. The first-order chi connectivity index (χ1) is 27.3. The van der Waals surface area contributed by atoms with Gasteiger partial charge >= 0.3 is 11.9 Å². The van der Waals surface area contributed by atoms with Crippen LogP contribution >= 0.6 is 0 Å². The van der Waals surface area contributed by atoms with Crippen LogP contribution in [0.1, 0.15) is 219 Å². The van der Waals surface area contributed by atoms with E-state index < -0.39 is 23.7 Å². The summed E-state index contributed by atoms with van der Waals surface area (Å²) in [6.07, 6.45) is 38.9. The highest BCUT2D eigenvalue weighted by Crippen LogP contribution is 2.40. The van der Waals surface area contributed by atoms with E-state index >= 15 is 0 Å². The molecule has 2 atom stereocenters. The normalized spacial score (nSPS) is 15.5. The van der Waals surface area contributed by atoms with Gasteiger partial charge in [0.1, 0.15) is 5.92 Å². The molecule has 1 aromatic heterocycles. The number of aliphatic imine (C=N–C) groups is 1. The number of amides is 1. The number of esters is 2. The van der Waals surface area contributed by atoms with Gasteiger partial charge < -0.3 is 15.2 Å². The van der Waals surface area contributed by atoms with Crippen molar-refractivity contribution in [3.63, 3.8) is 0 Å². The van der Waals surface area contributed by atoms with Crippen molar-refractivity contribution in [2.45, 2.75) is 220 Å². The minimum atomic E-state index is -0.779. The molecule has 2 rings (SSSR count). The Morgan fingerprint density at radius 2 is 1.04 bits per heavy atom. The molecular formula is C48H82N3O5+. The van der Waals surface area contributed by atoms with Gasteiger partial charge in [-0.05, 0) is 32.8 Å². The highest BCUT2D eigenvalue weighted by Gasteiger charge is 2.43. The summed E-state index contributed by atoms with van der Waals surface area (Å²) in [5, 5.41) is 0. The molecular weight excluding hydrogens is 699 g/mol.